The van der Waals surface area contributed by atoms with Crippen LogP contribution >= 0.6 is 0 Å². The molecule has 2 aliphatic heterocycles. The second kappa shape index (κ2) is 7.78. The Morgan fingerprint density at radius 2 is 1.67 bits per heavy atom. The van der Waals surface area contributed by atoms with Gasteiger partial charge in [0.1, 0.15) is 0 Å². The molecule has 0 amide bonds. The highest BCUT2D eigenvalue weighted by Gasteiger charge is 2.11. The fourth-order valence-electron chi connectivity index (χ4n) is 3.12. The van der Waals surface area contributed by atoms with Crippen LogP contribution in [0.2, 0.25) is 0 Å². The average Bonchev–Trinajstić information content (AvgIpc) is 3.06. The molecule has 1 N–H and O–H groups in total. The number of ether oxygens (including phenoxy) is 1. The first-order valence-electron chi connectivity index (χ1n) is 8.26. The summed E-state index contributed by atoms with van der Waals surface area (Å²) >= 11 is 0. The number of nitrogens with one attached hydrogen (secondary N) is 1. The van der Waals surface area contributed by atoms with E-state index in [1.54, 1.807) is 0 Å². The molecule has 4 nitrogen and oxygen atoms in total. The van der Waals surface area contributed by atoms with Crippen molar-refractivity contribution in [2.45, 2.75) is 19.4 Å². The normalized spacial score (nSPS) is 20.1. The third-order valence-corrected chi connectivity index (χ3v) is 4.45. The van der Waals surface area contributed by atoms with Crippen molar-refractivity contribution in [3.05, 3.63) is 29.8 Å². The van der Waals surface area contributed by atoms with Gasteiger partial charge in [-0.25, -0.2) is 0 Å². The van der Waals surface area contributed by atoms with E-state index in [0.717, 1.165) is 39.4 Å². The van der Waals surface area contributed by atoms with Crippen molar-refractivity contribution in [2.75, 3.05) is 57.4 Å². The van der Waals surface area contributed by atoms with Gasteiger partial charge in [-0.3, -0.25) is 0 Å². The number of morpholine rings is 1. The first-order chi connectivity index (χ1) is 10.4. The highest BCUT2D eigenvalue weighted by Crippen LogP contribution is 2.16. The van der Waals surface area contributed by atoms with Gasteiger partial charge in [0.2, 0.25) is 0 Å². The lowest BCUT2D eigenvalue weighted by molar-refractivity contribution is 0.122. The first kappa shape index (κ1) is 14.8. The summed E-state index contributed by atoms with van der Waals surface area (Å²) < 4.78 is 5.40. The summed E-state index contributed by atoms with van der Waals surface area (Å²) in [5.74, 6) is 0. The Hall–Kier alpha value is -1.10. The van der Waals surface area contributed by atoms with E-state index >= 15 is 0 Å². The monoisotopic (exact) mass is 289 g/mol. The molecule has 0 aromatic heterocycles. The highest BCUT2D eigenvalue weighted by atomic mass is 16.5. The zero-order valence-corrected chi connectivity index (χ0v) is 12.9. The molecule has 0 saturated carbocycles. The average molecular weight is 289 g/mol. The van der Waals surface area contributed by atoms with Gasteiger partial charge in [-0.15, -0.1) is 0 Å². The Morgan fingerprint density at radius 1 is 0.952 bits per heavy atom. The molecular formula is C17H27N3O. The number of likely N-dealkylation sites (tertiary alicyclic amines) is 1. The Balaban J connectivity index is 1.39. The SMILES string of the molecule is c1cc(N2CCOCC2)ccc1CNCCN1CCCC1. The van der Waals surface area contributed by atoms with Crippen LogP contribution in [0.25, 0.3) is 0 Å². The lowest BCUT2D eigenvalue weighted by atomic mass is 10.2. The van der Waals surface area contributed by atoms with E-state index in [1.807, 2.05) is 0 Å². The molecule has 116 valence electrons. The molecule has 2 aliphatic rings. The van der Waals surface area contributed by atoms with E-state index in [-0.39, 0.29) is 0 Å². The van der Waals surface area contributed by atoms with Gasteiger partial charge in [-0.2, -0.15) is 0 Å². The zero-order valence-electron chi connectivity index (χ0n) is 12.9. The second-order valence-electron chi connectivity index (χ2n) is 5.99. The van der Waals surface area contributed by atoms with Crippen molar-refractivity contribution >= 4 is 5.69 Å². The van der Waals surface area contributed by atoms with Gasteiger partial charge in [-0.05, 0) is 43.6 Å². The molecular weight excluding hydrogens is 262 g/mol. The van der Waals surface area contributed by atoms with Crippen molar-refractivity contribution in [3.63, 3.8) is 0 Å². The molecule has 3 rings (SSSR count). The lowest BCUT2D eigenvalue weighted by Gasteiger charge is -2.28. The number of rotatable bonds is 6. The molecule has 2 saturated heterocycles. The Morgan fingerprint density at radius 3 is 2.38 bits per heavy atom. The van der Waals surface area contributed by atoms with E-state index in [2.05, 4.69) is 39.4 Å². The highest BCUT2D eigenvalue weighted by molar-refractivity contribution is 5.47. The summed E-state index contributed by atoms with van der Waals surface area (Å²) in [6.07, 6.45) is 2.76. The zero-order chi connectivity index (χ0) is 14.3. The molecule has 0 spiro atoms. The van der Waals surface area contributed by atoms with Crippen LogP contribution < -0.4 is 10.2 Å². The third kappa shape index (κ3) is 4.43. The van der Waals surface area contributed by atoms with Crippen LogP contribution in [0, 0.1) is 0 Å². The van der Waals surface area contributed by atoms with Crippen molar-refractivity contribution in [1.82, 2.24) is 10.2 Å². The van der Waals surface area contributed by atoms with Gasteiger partial charge >= 0.3 is 0 Å². The minimum Gasteiger partial charge on any atom is -0.378 e. The van der Waals surface area contributed by atoms with Crippen LogP contribution in [0.5, 0.6) is 0 Å². The molecule has 0 unspecified atom stereocenters. The maximum absolute atomic E-state index is 5.40. The summed E-state index contributed by atoms with van der Waals surface area (Å²) in [5.41, 5.74) is 2.69. The molecule has 1 aromatic carbocycles. The van der Waals surface area contributed by atoms with Crippen LogP contribution in [-0.2, 0) is 11.3 Å². The van der Waals surface area contributed by atoms with Crippen LogP contribution in [0.15, 0.2) is 24.3 Å². The van der Waals surface area contributed by atoms with Gasteiger partial charge in [0.25, 0.3) is 0 Å². The number of hydrogen-bond acceptors (Lipinski definition) is 4. The van der Waals surface area contributed by atoms with E-state index in [0.29, 0.717) is 0 Å². The Bertz CT molecular complexity index is 409. The van der Waals surface area contributed by atoms with Crippen LogP contribution in [-0.4, -0.2) is 57.4 Å². The third-order valence-electron chi connectivity index (χ3n) is 4.45. The summed E-state index contributed by atoms with van der Waals surface area (Å²) in [6, 6.07) is 8.97. The predicted octanol–water partition coefficient (Wildman–Crippen LogP) is 1.71. The minimum absolute atomic E-state index is 0.847. The van der Waals surface area contributed by atoms with Crippen molar-refractivity contribution < 1.29 is 4.74 Å². The van der Waals surface area contributed by atoms with E-state index in [9.17, 15) is 0 Å². The number of anilines is 1. The molecule has 0 aliphatic carbocycles. The first-order valence-corrected chi connectivity index (χ1v) is 8.26. The fraction of sp³-hybridized carbons (Fsp3) is 0.647. The standard InChI is InChI=1S/C17H27N3O/c1-2-9-19(8-1)10-7-18-15-16-3-5-17(6-4-16)20-11-13-21-14-12-20/h3-6,18H,1-2,7-15H2. The molecule has 4 heteroatoms. The smallest absolute Gasteiger partial charge is 0.0642 e. The van der Waals surface area contributed by atoms with Crippen molar-refractivity contribution in [2.24, 2.45) is 0 Å². The molecule has 2 heterocycles. The summed E-state index contributed by atoms with van der Waals surface area (Å²) in [6.45, 7) is 9.53. The van der Waals surface area contributed by atoms with Gasteiger partial charge in [0, 0.05) is 38.4 Å². The molecule has 0 atom stereocenters. The van der Waals surface area contributed by atoms with Crippen LogP contribution in [0.1, 0.15) is 18.4 Å². The molecule has 0 bridgehead atoms. The quantitative estimate of drug-likeness (QED) is 0.807. The summed E-state index contributed by atoms with van der Waals surface area (Å²) in [4.78, 5) is 4.95. The summed E-state index contributed by atoms with van der Waals surface area (Å²) in [5, 5.41) is 3.55. The van der Waals surface area contributed by atoms with Crippen molar-refractivity contribution in [1.29, 1.82) is 0 Å². The molecule has 2 fully saturated rings. The largest absolute Gasteiger partial charge is 0.378 e. The maximum atomic E-state index is 5.40. The maximum Gasteiger partial charge on any atom is 0.0642 e. The number of nitrogens with zero attached hydrogens (tertiary/aromatic N) is 2. The Kier molecular flexibility index (Phi) is 5.49. The lowest BCUT2D eigenvalue weighted by Crippen LogP contribution is -2.36. The second-order valence-corrected chi connectivity index (χ2v) is 5.99. The number of benzene rings is 1. The van der Waals surface area contributed by atoms with E-state index in [1.165, 1.54) is 43.7 Å². The van der Waals surface area contributed by atoms with Crippen LogP contribution in [0.3, 0.4) is 0 Å². The Labute approximate surface area is 128 Å². The van der Waals surface area contributed by atoms with E-state index in [4.69, 9.17) is 4.74 Å². The predicted molar refractivity (Wildman–Crippen MR) is 86.9 cm³/mol. The molecule has 1 aromatic rings. The molecule has 21 heavy (non-hydrogen) atoms. The topological polar surface area (TPSA) is 27.7 Å². The minimum atomic E-state index is 0.847. The van der Waals surface area contributed by atoms with Crippen molar-refractivity contribution in [3.8, 4) is 0 Å². The van der Waals surface area contributed by atoms with Gasteiger partial charge in [0.15, 0.2) is 0 Å². The van der Waals surface area contributed by atoms with Gasteiger partial charge in [0.05, 0.1) is 13.2 Å². The van der Waals surface area contributed by atoms with Gasteiger partial charge in [-0.1, -0.05) is 12.1 Å². The van der Waals surface area contributed by atoms with Gasteiger partial charge < -0.3 is 19.9 Å². The summed E-state index contributed by atoms with van der Waals surface area (Å²) in [7, 11) is 0. The van der Waals surface area contributed by atoms with E-state index < -0.39 is 0 Å². The van der Waals surface area contributed by atoms with Crippen LogP contribution in [0.4, 0.5) is 5.69 Å². The number of hydrogen-bond donors (Lipinski definition) is 1. The fourth-order valence-corrected chi connectivity index (χ4v) is 3.12. The molecule has 0 radical (unpaired) electrons.